The Balaban J connectivity index is 1.17. The Kier molecular flexibility index (Phi) is 4.66. The molecule has 1 saturated carbocycles. The maximum absolute atomic E-state index is 5.59. The van der Waals surface area contributed by atoms with E-state index in [4.69, 9.17) is 9.05 Å². The topological polar surface area (TPSA) is 94.0 Å². The van der Waals surface area contributed by atoms with Crippen molar-refractivity contribution in [1.82, 2.24) is 30.2 Å². The lowest BCUT2D eigenvalue weighted by molar-refractivity contribution is 0.144. The van der Waals surface area contributed by atoms with Gasteiger partial charge in [-0.15, -0.1) is 0 Å². The minimum atomic E-state index is 0.312. The molecule has 2 aliphatic rings. The Labute approximate surface area is 169 Å². The van der Waals surface area contributed by atoms with E-state index < -0.39 is 0 Å². The fraction of sp³-hybridized carbons (Fsp3) is 0.571. The van der Waals surface area contributed by atoms with E-state index in [0.29, 0.717) is 23.1 Å². The first-order chi connectivity index (χ1) is 14.1. The van der Waals surface area contributed by atoms with E-state index in [1.54, 1.807) is 12.4 Å². The summed E-state index contributed by atoms with van der Waals surface area (Å²) < 4.78 is 11.0. The van der Waals surface area contributed by atoms with Crippen LogP contribution in [0.2, 0.25) is 0 Å². The predicted octanol–water partition coefficient (Wildman–Crippen LogP) is 3.48. The van der Waals surface area contributed by atoms with Gasteiger partial charge in [0, 0.05) is 30.3 Å². The number of rotatable bonds is 6. The number of nitrogens with zero attached hydrogens (tertiary/aromatic N) is 6. The van der Waals surface area contributed by atoms with Crippen LogP contribution in [-0.2, 0) is 13.0 Å². The maximum atomic E-state index is 5.59. The standard InChI is InChI=1S/C21H26N6O2/c1-14(2)10-17-23-18(28-25-17)13-27-8-5-21(6-9-27)11-16(21)20-24-19(26-29-20)15-4-3-7-22-12-15/h3-4,7,12,14,16H,5-6,8-11,13H2,1-2H3/t16-/m1/s1. The molecule has 3 aromatic rings. The van der Waals surface area contributed by atoms with Gasteiger partial charge in [-0.2, -0.15) is 9.97 Å². The van der Waals surface area contributed by atoms with Crippen LogP contribution in [0.15, 0.2) is 33.6 Å². The number of pyridine rings is 1. The molecular formula is C21H26N6O2. The molecule has 29 heavy (non-hydrogen) atoms. The number of likely N-dealkylation sites (tertiary alicyclic amines) is 1. The predicted molar refractivity (Wildman–Crippen MR) is 105 cm³/mol. The van der Waals surface area contributed by atoms with Crippen LogP contribution in [0, 0.1) is 11.3 Å². The zero-order chi connectivity index (χ0) is 19.8. The van der Waals surface area contributed by atoms with Gasteiger partial charge in [-0.1, -0.05) is 24.2 Å². The highest BCUT2D eigenvalue weighted by atomic mass is 16.5. The third-order valence-corrected chi connectivity index (χ3v) is 6.16. The van der Waals surface area contributed by atoms with Gasteiger partial charge in [0.15, 0.2) is 5.82 Å². The second-order valence-corrected chi connectivity index (χ2v) is 8.80. The van der Waals surface area contributed by atoms with Crippen LogP contribution in [-0.4, -0.2) is 43.3 Å². The van der Waals surface area contributed by atoms with Crippen molar-refractivity contribution in [3.63, 3.8) is 0 Å². The van der Waals surface area contributed by atoms with Crippen LogP contribution in [0.5, 0.6) is 0 Å². The van der Waals surface area contributed by atoms with Gasteiger partial charge in [0.1, 0.15) is 0 Å². The molecule has 0 aromatic carbocycles. The zero-order valence-electron chi connectivity index (χ0n) is 16.9. The fourth-order valence-electron chi connectivity index (χ4n) is 4.39. The Morgan fingerprint density at radius 1 is 1.17 bits per heavy atom. The summed E-state index contributed by atoms with van der Waals surface area (Å²) in [5.41, 5.74) is 1.20. The molecule has 0 bridgehead atoms. The summed E-state index contributed by atoms with van der Waals surface area (Å²) in [4.78, 5) is 15.7. The smallest absolute Gasteiger partial charge is 0.240 e. The van der Waals surface area contributed by atoms with Crippen LogP contribution in [0.4, 0.5) is 0 Å². The van der Waals surface area contributed by atoms with Crippen molar-refractivity contribution in [3.8, 4) is 11.4 Å². The normalized spacial score (nSPS) is 21.1. The molecular weight excluding hydrogens is 368 g/mol. The molecule has 1 atom stereocenters. The summed E-state index contributed by atoms with van der Waals surface area (Å²) in [6.07, 6.45) is 7.77. The van der Waals surface area contributed by atoms with Gasteiger partial charge in [0.2, 0.25) is 17.6 Å². The van der Waals surface area contributed by atoms with Crippen molar-refractivity contribution in [1.29, 1.82) is 0 Å². The van der Waals surface area contributed by atoms with Crippen molar-refractivity contribution in [2.24, 2.45) is 11.3 Å². The molecule has 0 amide bonds. The molecule has 152 valence electrons. The Morgan fingerprint density at radius 3 is 2.79 bits per heavy atom. The van der Waals surface area contributed by atoms with E-state index in [0.717, 1.165) is 68.5 Å². The third-order valence-electron chi connectivity index (χ3n) is 6.16. The summed E-state index contributed by atoms with van der Waals surface area (Å²) in [6.45, 7) is 7.12. The van der Waals surface area contributed by atoms with Gasteiger partial charge in [0.05, 0.1) is 6.54 Å². The van der Waals surface area contributed by atoms with Crippen molar-refractivity contribution in [3.05, 3.63) is 42.1 Å². The highest BCUT2D eigenvalue weighted by molar-refractivity contribution is 5.52. The quantitative estimate of drug-likeness (QED) is 0.627. The number of aromatic nitrogens is 5. The van der Waals surface area contributed by atoms with Crippen molar-refractivity contribution in [2.45, 2.75) is 52.0 Å². The lowest BCUT2D eigenvalue weighted by atomic mass is 9.91. The van der Waals surface area contributed by atoms with Gasteiger partial charge in [-0.25, -0.2) is 0 Å². The summed E-state index contributed by atoms with van der Waals surface area (Å²) in [7, 11) is 0. The molecule has 5 rings (SSSR count). The number of piperidine rings is 1. The van der Waals surface area contributed by atoms with Crippen LogP contribution < -0.4 is 0 Å². The Morgan fingerprint density at radius 2 is 2.03 bits per heavy atom. The van der Waals surface area contributed by atoms with Gasteiger partial charge < -0.3 is 9.05 Å². The van der Waals surface area contributed by atoms with Crippen molar-refractivity contribution >= 4 is 0 Å². The summed E-state index contributed by atoms with van der Waals surface area (Å²) in [5.74, 6) is 3.84. The van der Waals surface area contributed by atoms with Gasteiger partial charge >= 0.3 is 0 Å². The fourth-order valence-corrected chi connectivity index (χ4v) is 4.39. The van der Waals surface area contributed by atoms with Crippen LogP contribution in [0.25, 0.3) is 11.4 Å². The maximum Gasteiger partial charge on any atom is 0.240 e. The molecule has 0 N–H and O–H groups in total. The van der Waals surface area contributed by atoms with E-state index >= 15 is 0 Å². The second-order valence-electron chi connectivity index (χ2n) is 8.80. The lowest BCUT2D eigenvalue weighted by Crippen LogP contribution is -2.34. The van der Waals surface area contributed by atoms with E-state index in [1.165, 1.54) is 0 Å². The molecule has 2 fully saturated rings. The molecule has 1 aliphatic carbocycles. The first-order valence-corrected chi connectivity index (χ1v) is 10.4. The molecule has 0 radical (unpaired) electrons. The minimum absolute atomic E-state index is 0.312. The zero-order valence-corrected chi connectivity index (χ0v) is 16.9. The largest absolute Gasteiger partial charge is 0.339 e. The Hall–Kier alpha value is -2.61. The Bertz CT molecular complexity index is 958. The first-order valence-electron chi connectivity index (χ1n) is 10.4. The highest BCUT2D eigenvalue weighted by Gasteiger charge is 2.58. The van der Waals surface area contributed by atoms with Crippen molar-refractivity contribution < 1.29 is 9.05 Å². The van der Waals surface area contributed by atoms with Gasteiger partial charge in [-0.05, 0) is 55.8 Å². The molecule has 1 aliphatic heterocycles. The average molecular weight is 394 g/mol. The molecule has 4 heterocycles. The van der Waals surface area contributed by atoms with E-state index in [9.17, 15) is 0 Å². The molecule has 8 heteroatoms. The SMILES string of the molecule is CC(C)Cc1noc(CN2CCC3(CC2)C[C@@H]3c2nc(-c3cccnc3)no2)n1. The van der Waals surface area contributed by atoms with Crippen molar-refractivity contribution in [2.75, 3.05) is 13.1 Å². The summed E-state index contributed by atoms with van der Waals surface area (Å²) in [6, 6.07) is 3.84. The van der Waals surface area contributed by atoms with Crippen LogP contribution in [0.3, 0.4) is 0 Å². The minimum Gasteiger partial charge on any atom is -0.339 e. The van der Waals surface area contributed by atoms with Gasteiger partial charge in [0.25, 0.3) is 0 Å². The number of hydrogen-bond donors (Lipinski definition) is 0. The average Bonchev–Trinajstić information content (AvgIpc) is 3.07. The molecule has 3 aromatic heterocycles. The van der Waals surface area contributed by atoms with Crippen LogP contribution >= 0.6 is 0 Å². The molecule has 1 spiro atoms. The summed E-state index contributed by atoms with van der Waals surface area (Å²) >= 11 is 0. The third kappa shape index (κ3) is 3.81. The lowest BCUT2D eigenvalue weighted by Gasteiger charge is -2.31. The van der Waals surface area contributed by atoms with E-state index in [1.807, 2.05) is 12.1 Å². The highest BCUT2D eigenvalue weighted by Crippen LogP contribution is 2.64. The monoisotopic (exact) mass is 394 g/mol. The van der Waals surface area contributed by atoms with Gasteiger partial charge in [-0.3, -0.25) is 9.88 Å². The molecule has 0 unspecified atom stereocenters. The second kappa shape index (κ2) is 7.33. The number of hydrogen-bond acceptors (Lipinski definition) is 8. The first kappa shape index (κ1) is 18.4. The molecule has 8 nitrogen and oxygen atoms in total. The van der Waals surface area contributed by atoms with E-state index in [-0.39, 0.29) is 0 Å². The summed E-state index contributed by atoms with van der Waals surface area (Å²) in [5, 5.41) is 8.25. The van der Waals surface area contributed by atoms with E-state index in [2.05, 4.69) is 44.0 Å². The molecule has 1 saturated heterocycles. The van der Waals surface area contributed by atoms with Crippen LogP contribution in [0.1, 0.15) is 56.6 Å².